The number of nitrogens with zero attached hydrogens (tertiary/aromatic N) is 2. The molecule has 0 bridgehead atoms. The van der Waals surface area contributed by atoms with Crippen molar-refractivity contribution in [3.05, 3.63) is 119 Å². The lowest BCUT2D eigenvalue weighted by Crippen LogP contribution is -2.49. The largest absolute Gasteiger partial charge is 0.508 e. The van der Waals surface area contributed by atoms with Gasteiger partial charge in [-0.15, -0.1) is 0 Å². The Morgan fingerprint density at radius 3 is 2.25 bits per heavy atom. The summed E-state index contributed by atoms with van der Waals surface area (Å²) in [5, 5.41) is 13.4. The molecule has 8 rings (SSSR count). The number of amides is 4. The summed E-state index contributed by atoms with van der Waals surface area (Å²) in [5.41, 5.74) is 2.25. The summed E-state index contributed by atoms with van der Waals surface area (Å²) >= 11 is 6.10. The SMILES string of the molecule is COc1cc(O)ccc1C1C2=CCC3C(=O)N(c4ccc(Nc5ccccc5)cc4)C(=O)C3C2CC2C(=O)N(c3ccc(F)c(Cl)c3)C(=O)C21C. The molecule has 0 spiro atoms. The highest BCUT2D eigenvalue weighted by atomic mass is 35.5. The summed E-state index contributed by atoms with van der Waals surface area (Å²) < 4.78 is 19.9. The van der Waals surface area contributed by atoms with E-state index >= 15 is 0 Å². The van der Waals surface area contributed by atoms with Crippen molar-refractivity contribution in [3.8, 4) is 11.5 Å². The third-order valence-electron chi connectivity index (χ3n) is 11.2. The molecule has 51 heavy (non-hydrogen) atoms. The quantitative estimate of drug-likeness (QED) is 0.159. The van der Waals surface area contributed by atoms with Crippen molar-refractivity contribution in [2.24, 2.45) is 29.1 Å². The van der Waals surface area contributed by atoms with Crippen LogP contribution in [-0.4, -0.2) is 35.8 Å². The van der Waals surface area contributed by atoms with Gasteiger partial charge >= 0.3 is 0 Å². The Morgan fingerprint density at radius 2 is 1.55 bits per heavy atom. The molecule has 2 N–H and O–H groups in total. The van der Waals surface area contributed by atoms with Crippen LogP contribution in [0.3, 0.4) is 0 Å². The number of carbonyl (C=O) groups excluding carboxylic acids is 4. The van der Waals surface area contributed by atoms with E-state index < -0.39 is 52.6 Å². The van der Waals surface area contributed by atoms with E-state index in [9.17, 15) is 28.7 Å². The minimum atomic E-state index is -1.36. The molecule has 4 aromatic carbocycles. The third-order valence-corrected chi connectivity index (χ3v) is 11.4. The number of fused-ring (bicyclic) bond motifs is 4. The van der Waals surface area contributed by atoms with Gasteiger partial charge in [0.1, 0.15) is 17.3 Å². The van der Waals surface area contributed by atoms with Crippen LogP contribution >= 0.6 is 11.6 Å². The molecule has 4 aromatic rings. The number of imide groups is 2. The molecule has 6 atom stereocenters. The van der Waals surface area contributed by atoms with Gasteiger partial charge in [-0.05, 0) is 86.3 Å². The number of phenolic OH excluding ortho intramolecular Hbond substituents is 1. The highest BCUT2D eigenvalue weighted by Crippen LogP contribution is 2.64. The number of allylic oxidation sites excluding steroid dienone is 2. The maximum atomic E-state index is 14.6. The van der Waals surface area contributed by atoms with E-state index in [1.807, 2.05) is 48.5 Å². The number of nitrogens with one attached hydrogen (secondary N) is 1. The molecular weight excluding hydrogens is 673 g/mol. The molecule has 9 nitrogen and oxygen atoms in total. The number of ether oxygens (including phenoxy) is 1. The van der Waals surface area contributed by atoms with E-state index in [2.05, 4.69) is 5.32 Å². The first-order valence-corrected chi connectivity index (χ1v) is 17.1. The van der Waals surface area contributed by atoms with Crippen LogP contribution in [-0.2, 0) is 19.2 Å². The van der Waals surface area contributed by atoms with E-state index in [0.717, 1.165) is 27.9 Å². The second-order valence-corrected chi connectivity index (χ2v) is 14.1. The van der Waals surface area contributed by atoms with E-state index in [1.54, 1.807) is 25.1 Å². The minimum Gasteiger partial charge on any atom is -0.508 e. The average Bonchev–Trinajstić information content (AvgIpc) is 3.50. The summed E-state index contributed by atoms with van der Waals surface area (Å²) in [5.74, 6) is -5.72. The molecule has 11 heteroatoms. The fourth-order valence-corrected chi connectivity index (χ4v) is 8.98. The molecule has 2 heterocycles. The van der Waals surface area contributed by atoms with E-state index in [-0.39, 0.29) is 41.1 Å². The van der Waals surface area contributed by atoms with Crippen LogP contribution in [0.5, 0.6) is 11.5 Å². The van der Waals surface area contributed by atoms with Crippen molar-refractivity contribution in [2.45, 2.75) is 25.7 Å². The number of halogens is 2. The molecule has 2 saturated heterocycles. The molecule has 1 saturated carbocycles. The lowest BCUT2D eigenvalue weighted by molar-refractivity contribution is -0.131. The van der Waals surface area contributed by atoms with Gasteiger partial charge in [-0.2, -0.15) is 0 Å². The summed E-state index contributed by atoms with van der Waals surface area (Å²) in [6.07, 6.45) is 2.35. The number of hydrogen-bond acceptors (Lipinski definition) is 7. The van der Waals surface area contributed by atoms with Gasteiger partial charge in [-0.1, -0.05) is 47.5 Å². The van der Waals surface area contributed by atoms with E-state index in [1.165, 1.54) is 36.3 Å². The zero-order valence-electron chi connectivity index (χ0n) is 27.7. The fourth-order valence-electron chi connectivity index (χ4n) is 8.80. The number of rotatable bonds is 6. The maximum Gasteiger partial charge on any atom is 0.241 e. The van der Waals surface area contributed by atoms with Gasteiger partial charge in [0.15, 0.2) is 0 Å². The summed E-state index contributed by atoms with van der Waals surface area (Å²) in [6.45, 7) is 1.74. The average molecular weight is 706 g/mol. The third kappa shape index (κ3) is 4.95. The number of hydrogen-bond donors (Lipinski definition) is 2. The Hall–Kier alpha value is -5.48. The summed E-state index contributed by atoms with van der Waals surface area (Å²) in [6, 6.07) is 25.0. The summed E-state index contributed by atoms with van der Waals surface area (Å²) in [7, 11) is 1.45. The van der Waals surface area contributed by atoms with E-state index in [4.69, 9.17) is 16.3 Å². The van der Waals surface area contributed by atoms with Crippen LogP contribution < -0.4 is 19.9 Å². The lowest BCUT2D eigenvalue weighted by Gasteiger charge is -2.49. The molecule has 4 aliphatic rings. The Bertz CT molecular complexity index is 2160. The standard InChI is InChI=1S/C40H33ClFN3O6/c1-40-30(37(48)45(39(40)50)24-12-17-32(42)31(41)18-24)20-29-26(35(40)27-14-13-25(46)19-33(27)51-2)15-16-28-34(29)38(49)44(36(28)47)23-10-8-22(9-11-23)43-21-6-4-3-5-7-21/h3-15,17-19,28-30,34-35,43,46H,16,20H2,1-2H3. The summed E-state index contributed by atoms with van der Waals surface area (Å²) in [4.78, 5) is 59.8. The number of methoxy groups -OCH3 is 1. The van der Waals surface area contributed by atoms with Gasteiger partial charge in [-0.25, -0.2) is 9.29 Å². The number of aromatic hydroxyl groups is 1. The van der Waals surface area contributed by atoms with Gasteiger partial charge in [0.05, 0.1) is 46.7 Å². The first kappa shape index (κ1) is 32.7. The van der Waals surface area contributed by atoms with Gasteiger partial charge < -0.3 is 15.2 Å². The normalized spacial score (nSPS) is 26.8. The van der Waals surface area contributed by atoms with Gasteiger partial charge in [0, 0.05) is 28.9 Å². The van der Waals surface area contributed by atoms with Crippen LogP contribution in [0.25, 0.3) is 0 Å². The van der Waals surface area contributed by atoms with Crippen LogP contribution in [0.1, 0.15) is 31.2 Å². The van der Waals surface area contributed by atoms with Crippen LogP contribution in [0, 0.1) is 34.9 Å². The second-order valence-electron chi connectivity index (χ2n) is 13.7. The smallest absolute Gasteiger partial charge is 0.241 e. The van der Waals surface area contributed by atoms with Crippen molar-refractivity contribution in [1.82, 2.24) is 0 Å². The van der Waals surface area contributed by atoms with Crippen molar-refractivity contribution in [1.29, 1.82) is 0 Å². The Labute approximate surface area is 298 Å². The zero-order chi connectivity index (χ0) is 35.8. The number of benzene rings is 4. The first-order valence-electron chi connectivity index (χ1n) is 16.7. The lowest BCUT2D eigenvalue weighted by atomic mass is 9.51. The monoisotopic (exact) mass is 705 g/mol. The van der Waals surface area contributed by atoms with Crippen LogP contribution in [0.4, 0.5) is 27.1 Å². The van der Waals surface area contributed by atoms with Crippen molar-refractivity contribution < 1.29 is 33.4 Å². The Balaban J connectivity index is 1.19. The number of para-hydroxylation sites is 1. The number of anilines is 4. The topological polar surface area (TPSA) is 116 Å². The van der Waals surface area contributed by atoms with Gasteiger partial charge in [-0.3, -0.25) is 24.1 Å². The molecule has 2 aliphatic carbocycles. The predicted molar refractivity (Wildman–Crippen MR) is 189 cm³/mol. The predicted octanol–water partition coefficient (Wildman–Crippen LogP) is 7.37. The Kier molecular flexibility index (Phi) is 7.75. The number of phenols is 1. The van der Waals surface area contributed by atoms with Crippen LogP contribution in [0.2, 0.25) is 5.02 Å². The number of carbonyl (C=O) groups is 4. The molecular formula is C40H33ClFN3O6. The molecule has 6 unspecified atom stereocenters. The van der Waals surface area contributed by atoms with E-state index in [0.29, 0.717) is 17.0 Å². The second kappa shape index (κ2) is 12.1. The van der Waals surface area contributed by atoms with Crippen LogP contribution in [0.15, 0.2) is 103 Å². The molecule has 2 aliphatic heterocycles. The molecule has 0 aromatic heterocycles. The van der Waals surface area contributed by atoms with Gasteiger partial charge in [0.25, 0.3) is 0 Å². The zero-order valence-corrected chi connectivity index (χ0v) is 28.4. The van der Waals surface area contributed by atoms with Gasteiger partial charge in [0.2, 0.25) is 23.6 Å². The minimum absolute atomic E-state index is 0.0454. The highest BCUT2D eigenvalue weighted by molar-refractivity contribution is 6.32. The first-order chi connectivity index (χ1) is 24.5. The molecule has 0 radical (unpaired) electrons. The van der Waals surface area contributed by atoms with Crippen molar-refractivity contribution in [2.75, 3.05) is 22.2 Å². The Morgan fingerprint density at radius 1 is 0.843 bits per heavy atom. The molecule has 4 amide bonds. The fraction of sp³-hybridized carbons (Fsp3) is 0.250. The molecule has 3 fully saturated rings. The maximum absolute atomic E-state index is 14.6. The highest BCUT2D eigenvalue weighted by Gasteiger charge is 2.68. The molecule has 258 valence electrons. The van der Waals surface area contributed by atoms with Crippen molar-refractivity contribution in [3.63, 3.8) is 0 Å². The van der Waals surface area contributed by atoms with Crippen molar-refractivity contribution >= 4 is 58.0 Å².